The molecular weight excluding hydrogens is 322 g/mol. The van der Waals surface area contributed by atoms with Crippen molar-refractivity contribution in [3.05, 3.63) is 28.7 Å². The Labute approximate surface area is 125 Å². The highest BCUT2D eigenvalue weighted by Crippen LogP contribution is 2.23. The van der Waals surface area contributed by atoms with Crippen LogP contribution in [0.25, 0.3) is 0 Å². The molecule has 5 nitrogen and oxygen atoms in total. The third-order valence-electron chi connectivity index (χ3n) is 3.53. The van der Waals surface area contributed by atoms with Crippen LogP contribution in [0.2, 0.25) is 0 Å². The van der Waals surface area contributed by atoms with E-state index >= 15 is 0 Å². The number of carbonyl (C=O) groups excluding carboxylic acids is 2. The summed E-state index contributed by atoms with van der Waals surface area (Å²) < 4.78 is 0.902. The van der Waals surface area contributed by atoms with Gasteiger partial charge in [0.2, 0.25) is 5.91 Å². The van der Waals surface area contributed by atoms with Crippen LogP contribution < -0.4 is 4.90 Å². The number of imide groups is 1. The number of carbonyl (C=O) groups is 2. The van der Waals surface area contributed by atoms with Gasteiger partial charge in [-0.15, -0.1) is 0 Å². The molecule has 104 valence electrons. The van der Waals surface area contributed by atoms with E-state index in [2.05, 4.69) is 20.9 Å². The van der Waals surface area contributed by atoms with Gasteiger partial charge in [-0.1, -0.05) is 15.9 Å². The molecule has 6 heteroatoms. The Hall–Kier alpha value is -1.69. The molecule has 1 aromatic rings. The molecule has 0 unspecified atom stereocenters. The van der Waals surface area contributed by atoms with Crippen LogP contribution in [-0.2, 0) is 4.79 Å². The Bertz CT molecular complexity index is 577. The lowest BCUT2D eigenvalue weighted by Crippen LogP contribution is -2.44. The maximum absolute atomic E-state index is 12.2. The highest BCUT2D eigenvalue weighted by molar-refractivity contribution is 9.10. The molecule has 0 aliphatic carbocycles. The minimum atomic E-state index is -0.495. The van der Waals surface area contributed by atoms with Gasteiger partial charge in [0.1, 0.15) is 5.84 Å². The number of anilines is 1. The molecule has 3 rings (SSSR count). The third-order valence-corrected chi connectivity index (χ3v) is 4.06. The second-order valence-electron chi connectivity index (χ2n) is 4.89. The molecule has 0 radical (unpaired) electrons. The Morgan fingerprint density at radius 3 is 2.30 bits per heavy atom. The van der Waals surface area contributed by atoms with Gasteiger partial charge in [-0.3, -0.25) is 4.79 Å². The van der Waals surface area contributed by atoms with Crippen molar-refractivity contribution in [2.45, 2.75) is 19.3 Å². The number of aliphatic imine (C=N–C) groups is 1. The van der Waals surface area contributed by atoms with E-state index in [4.69, 9.17) is 0 Å². The lowest BCUT2D eigenvalue weighted by Gasteiger charge is -2.27. The molecule has 0 saturated carbocycles. The molecule has 1 saturated heterocycles. The van der Waals surface area contributed by atoms with E-state index in [1.807, 2.05) is 4.90 Å². The van der Waals surface area contributed by atoms with Crippen LogP contribution in [0, 0.1) is 0 Å². The molecular formula is C14H14BrN3O2. The van der Waals surface area contributed by atoms with E-state index in [-0.39, 0.29) is 12.3 Å². The molecule has 0 atom stereocenters. The molecule has 1 aromatic carbocycles. The zero-order valence-corrected chi connectivity index (χ0v) is 12.5. The molecule has 3 amide bonds. The van der Waals surface area contributed by atoms with Gasteiger partial charge < -0.3 is 4.90 Å². The van der Waals surface area contributed by atoms with Crippen molar-refractivity contribution < 1.29 is 9.59 Å². The first-order valence-corrected chi connectivity index (χ1v) is 7.39. The fourth-order valence-electron chi connectivity index (χ4n) is 2.52. The van der Waals surface area contributed by atoms with Crippen molar-refractivity contribution in [2.24, 2.45) is 4.99 Å². The number of amidine groups is 1. The molecule has 2 aliphatic rings. The van der Waals surface area contributed by atoms with Crippen LogP contribution in [-0.4, -0.2) is 35.8 Å². The number of benzene rings is 1. The predicted molar refractivity (Wildman–Crippen MR) is 79.9 cm³/mol. The van der Waals surface area contributed by atoms with Gasteiger partial charge in [0.05, 0.1) is 12.1 Å². The van der Waals surface area contributed by atoms with E-state index in [9.17, 15) is 9.59 Å². The maximum Gasteiger partial charge on any atom is 0.356 e. The van der Waals surface area contributed by atoms with Crippen LogP contribution in [0.1, 0.15) is 19.3 Å². The summed E-state index contributed by atoms with van der Waals surface area (Å²) in [5, 5.41) is 0. The topological polar surface area (TPSA) is 53.0 Å². The van der Waals surface area contributed by atoms with E-state index in [1.54, 1.807) is 24.3 Å². The van der Waals surface area contributed by atoms with E-state index in [0.29, 0.717) is 11.5 Å². The highest BCUT2D eigenvalue weighted by atomic mass is 79.9. The second kappa shape index (κ2) is 5.36. The first-order valence-electron chi connectivity index (χ1n) is 6.60. The number of halogens is 1. The average molecular weight is 336 g/mol. The minimum absolute atomic E-state index is 0.196. The second-order valence-corrected chi connectivity index (χ2v) is 5.80. The number of urea groups is 1. The fourth-order valence-corrected chi connectivity index (χ4v) is 2.79. The average Bonchev–Trinajstić information content (AvgIpc) is 2.94. The highest BCUT2D eigenvalue weighted by Gasteiger charge is 2.32. The Morgan fingerprint density at radius 1 is 1.05 bits per heavy atom. The monoisotopic (exact) mass is 335 g/mol. The predicted octanol–water partition coefficient (Wildman–Crippen LogP) is 2.80. The first-order chi connectivity index (χ1) is 9.65. The summed E-state index contributed by atoms with van der Waals surface area (Å²) in [5.41, 5.74) is 0.562. The van der Waals surface area contributed by atoms with Crippen molar-refractivity contribution >= 4 is 39.4 Å². The molecule has 0 bridgehead atoms. The normalized spacial score (nSPS) is 19.6. The number of nitrogens with zero attached hydrogens (tertiary/aromatic N) is 3. The Kier molecular flexibility index (Phi) is 3.56. The number of hydrogen-bond acceptors (Lipinski definition) is 3. The van der Waals surface area contributed by atoms with Gasteiger partial charge in [0.15, 0.2) is 0 Å². The summed E-state index contributed by atoms with van der Waals surface area (Å²) in [6.07, 6.45) is 2.39. The molecule has 2 heterocycles. The zero-order chi connectivity index (χ0) is 14.1. The molecule has 0 N–H and O–H groups in total. The fraction of sp³-hybridized carbons (Fsp3) is 0.357. The maximum atomic E-state index is 12.2. The van der Waals surface area contributed by atoms with Crippen LogP contribution in [0.5, 0.6) is 0 Å². The summed E-state index contributed by atoms with van der Waals surface area (Å²) in [6.45, 7) is 1.77. The van der Waals surface area contributed by atoms with Crippen molar-refractivity contribution in [3.63, 3.8) is 0 Å². The molecule has 2 aliphatic heterocycles. The summed E-state index contributed by atoms with van der Waals surface area (Å²) >= 11 is 3.33. The largest absolute Gasteiger partial charge is 0.359 e. The van der Waals surface area contributed by atoms with Gasteiger partial charge in [-0.25, -0.2) is 9.69 Å². The van der Waals surface area contributed by atoms with Crippen LogP contribution >= 0.6 is 15.9 Å². The number of hydrogen-bond donors (Lipinski definition) is 0. The summed E-state index contributed by atoms with van der Waals surface area (Å²) in [6, 6.07) is 6.57. The van der Waals surface area contributed by atoms with E-state index < -0.39 is 6.03 Å². The van der Waals surface area contributed by atoms with Crippen LogP contribution in [0.15, 0.2) is 33.7 Å². The molecule has 0 aromatic heterocycles. The molecule has 20 heavy (non-hydrogen) atoms. The smallest absolute Gasteiger partial charge is 0.356 e. The minimum Gasteiger partial charge on any atom is -0.359 e. The van der Waals surface area contributed by atoms with Gasteiger partial charge in [0, 0.05) is 17.6 Å². The summed E-state index contributed by atoms with van der Waals surface area (Å²) in [7, 11) is 0. The van der Waals surface area contributed by atoms with Gasteiger partial charge in [0.25, 0.3) is 0 Å². The number of likely N-dealkylation sites (tertiary alicyclic amines) is 1. The quantitative estimate of drug-likeness (QED) is 0.792. The lowest BCUT2D eigenvalue weighted by molar-refractivity contribution is -0.117. The zero-order valence-electron chi connectivity index (χ0n) is 10.9. The number of rotatable bonds is 1. The number of amides is 3. The van der Waals surface area contributed by atoms with Gasteiger partial charge >= 0.3 is 6.03 Å². The third kappa shape index (κ3) is 2.47. The van der Waals surface area contributed by atoms with Gasteiger partial charge in [-0.05, 0) is 37.1 Å². The van der Waals surface area contributed by atoms with Crippen molar-refractivity contribution in [1.29, 1.82) is 0 Å². The van der Waals surface area contributed by atoms with Crippen LogP contribution in [0.3, 0.4) is 0 Å². The standard InChI is InChI=1S/C14H14BrN3O2/c15-10-3-5-11(6-4-10)18-13(19)9-12(16-14(18)20)17-7-1-2-8-17/h3-6H,1-2,7-9H2. The van der Waals surface area contributed by atoms with E-state index in [0.717, 1.165) is 35.3 Å². The van der Waals surface area contributed by atoms with Crippen molar-refractivity contribution in [2.75, 3.05) is 18.0 Å². The summed E-state index contributed by atoms with van der Waals surface area (Å²) in [4.78, 5) is 31.7. The van der Waals surface area contributed by atoms with Crippen molar-refractivity contribution in [1.82, 2.24) is 4.90 Å². The van der Waals surface area contributed by atoms with Crippen LogP contribution in [0.4, 0.5) is 10.5 Å². The van der Waals surface area contributed by atoms with Crippen molar-refractivity contribution in [3.8, 4) is 0 Å². The first kappa shape index (κ1) is 13.3. The lowest BCUT2D eigenvalue weighted by atomic mass is 10.2. The SMILES string of the molecule is O=C1CC(N2CCCC2)=NC(=O)N1c1ccc(Br)cc1. The Morgan fingerprint density at radius 2 is 1.70 bits per heavy atom. The van der Waals surface area contributed by atoms with Gasteiger partial charge in [-0.2, -0.15) is 4.99 Å². The Balaban J connectivity index is 1.86. The van der Waals surface area contributed by atoms with E-state index in [1.165, 1.54) is 0 Å². The molecule has 0 spiro atoms. The molecule has 1 fully saturated rings. The summed E-state index contributed by atoms with van der Waals surface area (Å²) in [5.74, 6) is 0.403.